The maximum Gasteiger partial charge on any atom is 0.241 e. The van der Waals surface area contributed by atoms with Crippen LogP contribution < -0.4 is 5.32 Å². The number of nitrogens with one attached hydrogen (secondary N) is 1. The number of rotatable bonds is 6. The number of hydrogen-bond acceptors (Lipinski definition) is 7. The van der Waals surface area contributed by atoms with E-state index in [1.165, 1.54) is 0 Å². The first-order valence-corrected chi connectivity index (χ1v) is 10.3. The first kappa shape index (κ1) is 20.3. The van der Waals surface area contributed by atoms with Crippen molar-refractivity contribution < 1.29 is 9.84 Å². The van der Waals surface area contributed by atoms with Crippen molar-refractivity contribution in [3.8, 4) is 17.2 Å². The third-order valence-electron chi connectivity index (χ3n) is 5.63. The molecule has 0 aromatic carbocycles. The minimum Gasteiger partial charge on any atom is -0.393 e. The lowest BCUT2D eigenvalue weighted by Crippen LogP contribution is -2.23. The summed E-state index contributed by atoms with van der Waals surface area (Å²) in [5.74, 6) is 0.844. The van der Waals surface area contributed by atoms with Crippen LogP contribution in [0.1, 0.15) is 49.8 Å². The van der Waals surface area contributed by atoms with Crippen molar-refractivity contribution in [1.82, 2.24) is 19.6 Å². The Morgan fingerprint density at radius 2 is 2.07 bits per heavy atom. The number of nitrogens with zero attached hydrogens (tertiary/aromatic N) is 5. The molecule has 8 heteroatoms. The predicted molar refractivity (Wildman–Crippen MR) is 113 cm³/mol. The summed E-state index contributed by atoms with van der Waals surface area (Å²) in [5, 5.41) is 27.2. The Labute approximate surface area is 175 Å². The number of nitriles is 1. The van der Waals surface area contributed by atoms with Gasteiger partial charge in [-0.3, -0.25) is 4.98 Å². The van der Waals surface area contributed by atoms with E-state index in [0.717, 1.165) is 48.0 Å². The van der Waals surface area contributed by atoms with E-state index >= 15 is 0 Å². The number of methoxy groups -OCH3 is 1. The highest BCUT2D eigenvalue weighted by atomic mass is 16.5. The van der Waals surface area contributed by atoms with E-state index in [4.69, 9.17) is 9.84 Å². The molecule has 0 spiro atoms. The van der Waals surface area contributed by atoms with Gasteiger partial charge in [-0.15, -0.1) is 5.10 Å². The van der Waals surface area contributed by atoms with E-state index in [0.29, 0.717) is 24.0 Å². The van der Waals surface area contributed by atoms with Gasteiger partial charge in [0.05, 0.1) is 30.0 Å². The second kappa shape index (κ2) is 8.78. The smallest absolute Gasteiger partial charge is 0.241 e. The molecule has 1 saturated carbocycles. The van der Waals surface area contributed by atoms with Crippen LogP contribution in [0.15, 0.2) is 30.7 Å². The normalized spacial score (nSPS) is 20.1. The fraction of sp³-hybridized carbons (Fsp3) is 0.455. The summed E-state index contributed by atoms with van der Waals surface area (Å²) in [5.41, 5.74) is 4.31. The average Bonchev–Trinajstić information content (AvgIpc) is 3.13. The molecule has 3 heterocycles. The third kappa shape index (κ3) is 4.13. The van der Waals surface area contributed by atoms with Crippen LogP contribution in [0, 0.1) is 11.3 Å². The molecule has 8 nitrogen and oxygen atoms in total. The quantitative estimate of drug-likeness (QED) is 0.647. The average molecular weight is 406 g/mol. The van der Waals surface area contributed by atoms with Crippen LogP contribution in [-0.2, 0) is 4.74 Å². The zero-order chi connectivity index (χ0) is 21.1. The number of hydrogen-bond donors (Lipinski definition) is 2. The molecule has 1 aliphatic rings. The predicted octanol–water partition coefficient (Wildman–Crippen LogP) is 3.13. The van der Waals surface area contributed by atoms with E-state index in [2.05, 4.69) is 27.4 Å². The van der Waals surface area contributed by atoms with Crippen LogP contribution in [-0.4, -0.2) is 50.6 Å². The largest absolute Gasteiger partial charge is 0.393 e. The number of pyridine rings is 1. The highest BCUT2D eigenvalue weighted by molar-refractivity contribution is 5.81. The van der Waals surface area contributed by atoms with Crippen molar-refractivity contribution in [1.29, 1.82) is 5.26 Å². The zero-order valence-corrected chi connectivity index (χ0v) is 17.2. The maximum atomic E-state index is 9.93. The third-order valence-corrected chi connectivity index (χ3v) is 5.63. The van der Waals surface area contributed by atoms with Gasteiger partial charge >= 0.3 is 0 Å². The molecule has 1 fully saturated rings. The Balaban J connectivity index is 1.79. The minimum absolute atomic E-state index is 0.0762. The summed E-state index contributed by atoms with van der Waals surface area (Å²) in [4.78, 5) is 8.72. The molecule has 4 rings (SSSR count). The lowest BCUT2D eigenvalue weighted by Gasteiger charge is -2.25. The van der Waals surface area contributed by atoms with Crippen molar-refractivity contribution in [2.45, 2.75) is 50.7 Å². The molecule has 0 saturated heterocycles. The molecule has 0 aliphatic heterocycles. The molecule has 2 N–H and O–H groups in total. The standard InChI is InChI=1S/C22H26N6O2/c1-14(13-30-2)26-22-25-12-21-19(17-7-15(9-23)10-24-11-17)8-20(28(21)27-22)16-3-5-18(29)6-4-16/h7-8,10-12,14,16,18,29H,3-6,13H2,1-2H3,(H,26,27)/t14-,16?,18?/m0/s1. The fourth-order valence-electron chi connectivity index (χ4n) is 4.13. The number of aliphatic hydroxyl groups excluding tert-OH is 1. The van der Waals surface area contributed by atoms with Gasteiger partial charge in [-0.2, -0.15) is 5.26 Å². The van der Waals surface area contributed by atoms with Gasteiger partial charge in [-0.05, 0) is 44.7 Å². The van der Waals surface area contributed by atoms with Gasteiger partial charge in [-0.1, -0.05) is 0 Å². The number of anilines is 1. The molecule has 0 amide bonds. The molecule has 156 valence electrons. The number of aromatic nitrogens is 4. The van der Waals surface area contributed by atoms with Crippen LogP contribution in [0.2, 0.25) is 0 Å². The topological polar surface area (TPSA) is 108 Å². The second-order valence-corrected chi connectivity index (χ2v) is 7.94. The van der Waals surface area contributed by atoms with Crippen molar-refractivity contribution >= 4 is 11.5 Å². The van der Waals surface area contributed by atoms with E-state index in [9.17, 15) is 10.4 Å². The lowest BCUT2D eigenvalue weighted by molar-refractivity contribution is 0.121. The van der Waals surface area contributed by atoms with Crippen molar-refractivity contribution in [2.75, 3.05) is 19.0 Å². The summed E-state index contributed by atoms with van der Waals surface area (Å²) in [6.45, 7) is 2.57. The van der Waals surface area contributed by atoms with Crippen molar-refractivity contribution in [3.63, 3.8) is 0 Å². The Bertz CT molecular complexity index is 1070. The first-order valence-electron chi connectivity index (χ1n) is 10.3. The molecule has 30 heavy (non-hydrogen) atoms. The van der Waals surface area contributed by atoms with Crippen molar-refractivity contribution in [2.24, 2.45) is 0 Å². The van der Waals surface area contributed by atoms with Crippen LogP contribution in [0.25, 0.3) is 16.6 Å². The monoisotopic (exact) mass is 406 g/mol. The molecule has 0 bridgehead atoms. The molecule has 1 aliphatic carbocycles. The highest BCUT2D eigenvalue weighted by Crippen LogP contribution is 2.37. The second-order valence-electron chi connectivity index (χ2n) is 7.94. The number of aliphatic hydroxyl groups is 1. The molecule has 0 unspecified atom stereocenters. The van der Waals surface area contributed by atoms with Gasteiger partial charge in [0.2, 0.25) is 5.95 Å². The Hall–Kier alpha value is -3.02. The van der Waals surface area contributed by atoms with E-state index in [-0.39, 0.29) is 12.1 Å². The van der Waals surface area contributed by atoms with Crippen LogP contribution in [0.4, 0.5) is 5.95 Å². The van der Waals surface area contributed by atoms with Gasteiger partial charge < -0.3 is 15.2 Å². The zero-order valence-electron chi connectivity index (χ0n) is 17.2. The van der Waals surface area contributed by atoms with Crippen molar-refractivity contribution in [3.05, 3.63) is 42.0 Å². The van der Waals surface area contributed by atoms with E-state index in [1.54, 1.807) is 19.5 Å². The summed E-state index contributed by atoms with van der Waals surface area (Å²) < 4.78 is 7.14. The molecule has 0 radical (unpaired) electrons. The first-order chi connectivity index (χ1) is 14.6. The molecular formula is C22H26N6O2. The van der Waals surface area contributed by atoms with Gasteiger partial charge in [0.15, 0.2) is 0 Å². The molecule has 3 aromatic rings. The number of fused-ring (bicyclic) bond motifs is 1. The van der Waals surface area contributed by atoms with Gasteiger partial charge in [0.25, 0.3) is 0 Å². The van der Waals surface area contributed by atoms with Gasteiger partial charge in [0, 0.05) is 48.3 Å². The SMILES string of the molecule is COC[C@H](C)Nc1ncc2c(-c3cncc(C#N)c3)cc(C3CCC(O)CC3)n2n1. The summed E-state index contributed by atoms with van der Waals surface area (Å²) in [7, 11) is 1.67. The number of ether oxygens (including phenoxy) is 1. The van der Waals surface area contributed by atoms with Crippen LogP contribution in [0.5, 0.6) is 0 Å². The minimum atomic E-state index is -0.217. The maximum absolute atomic E-state index is 9.93. The van der Waals surface area contributed by atoms with Crippen LogP contribution >= 0.6 is 0 Å². The Morgan fingerprint density at radius 1 is 1.27 bits per heavy atom. The molecule has 1 atom stereocenters. The van der Waals surface area contributed by atoms with Crippen LogP contribution in [0.3, 0.4) is 0 Å². The Kier molecular flexibility index (Phi) is 5.93. The highest BCUT2D eigenvalue weighted by Gasteiger charge is 2.25. The van der Waals surface area contributed by atoms with Gasteiger partial charge in [0.1, 0.15) is 6.07 Å². The van der Waals surface area contributed by atoms with E-state index in [1.807, 2.05) is 23.7 Å². The molecule has 3 aromatic heterocycles. The van der Waals surface area contributed by atoms with Gasteiger partial charge in [-0.25, -0.2) is 9.50 Å². The Morgan fingerprint density at radius 3 is 2.80 bits per heavy atom. The summed E-state index contributed by atoms with van der Waals surface area (Å²) in [6, 6.07) is 6.20. The fourth-order valence-corrected chi connectivity index (χ4v) is 4.13. The summed E-state index contributed by atoms with van der Waals surface area (Å²) >= 11 is 0. The lowest BCUT2D eigenvalue weighted by atomic mass is 9.85. The summed E-state index contributed by atoms with van der Waals surface area (Å²) in [6.07, 6.45) is 8.32. The molecular weight excluding hydrogens is 380 g/mol. The van der Waals surface area contributed by atoms with E-state index < -0.39 is 0 Å².